The Kier molecular flexibility index (Phi) is 6.02. The van der Waals surface area contributed by atoms with Crippen molar-refractivity contribution in [3.05, 3.63) is 57.4 Å². The lowest BCUT2D eigenvalue weighted by molar-refractivity contribution is -0.139. The first-order valence-corrected chi connectivity index (χ1v) is 10.3. The minimum atomic E-state index is -0.787. The van der Waals surface area contributed by atoms with Gasteiger partial charge in [0.2, 0.25) is 5.91 Å². The third-order valence-corrected chi connectivity index (χ3v) is 5.97. The predicted octanol–water partition coefficient (Wildman–Crippen LogP) is 2.56. The van der Waals surface area contributed by atoms with E-state index in [0.29, 0.717) is 10.6 Å². The maximum atomic E-state index is 13.0. The Morgan fingerprint density at radius 2 is 1.62 bits per heavy atom. The zero-order valence-electron chi connectivity index (χ0n) is 16.9. The van der Waals surface area contributed by atoms with E-state index in [-0.39, 0.29) is 36.1 Å². The molecule has 1 saturated heterocycles. The van der Waals surface area contributed by atoms with Gasteiger partial charge in [0.1, 0.15) is 5.82 Å². The van der Waals surface area contributed by atoms with Gasteiger partial charge in [-0.2, -0.15) is 0 Å². The summed E-state index contributed by atoms with van der Waals surface area (Å²) in [6.07, 6.45) is 0. The fraction of sp³-hybridized carbons (Fsp3) is 0.381. The van der Waals surface area contributed by atoms with Gasteiger partial charge in [-0.05, 0) is 33.3 Å². The van der Waals surface area contributed by atoms with Crippen molar-refractivity contribution in [2.24, 2.45) is 5.73 Å². The van der Waals surface area contributed by atoms with Gasteiger partial charge in [-0.3, -0.25) is 9.69 Å². The second-order valence-corrected chi connectivity index (χ2v) is 8.07. The van der Waals surface area contributed by atoms with Crippen LogP contribution in [0.25, 0.3) is 0 Å². The molecule has 0 bridgehead atoms. The van der Waals surface area contributed by atoms with E-state index in [1.54, 1.807) is 20.8 Å². The molecule has 2 heterocycles. The predicted molar refractivity (Wildman–Crippen MR) is 109 cm³/mol. The lowest BCUT2D eigenvalue weighted by Gasteiger charge is -2.33. The number of rotatable bonds is 5. The Morgan fingerprint density at radius 1 is 1.07 bits per heavy atom. The first kappa shape index (κ1) is 21.0. The van der Waals surface area contributed by atoms with Gasteiger partial charge in [0, 0.05) is 0 Å². The summed E-state index contributed by atoms with van der Waals surface area (Å²) in [5, 5.41) is -0.0229. The van der Waals surface area contributed by atoms with Crippen molar-refractivity contribution < 1.29 is 23.9 Å². The molecule has 2 aliphatic rings. The molecule has 154 valence electrons. The highest BCUT2D eigenvalue weighted by atomic mass is 32.2. The quantitative estimate of drug-likeness (QED) is 0.737. The molecule has 8 heteroatoms. The van der Waals surface area contributed by atoms with Crippen molar-refractivity contribution in [1.82, 2.24) is 4.90 Å². The minimum Gasteiger partial charge on any atom is -0.463 e. The summed E-state index contributed by atoms with van der Waals surface area (Å²) in [4.78, 5) is 39.9. The van der Waals surface area contributed by atoms with E-state index >= 15 is 0 Å². The van der Waals surface area contributed by atoms with Crippen molar-refractivity contribution in [2.75, 3.05) is 13.2 Å². The van der Waals surface area contributed by atoms with Crippen LogP contribution in [0.4, 0.5) is 0 Å². The third-order valence-electron chi connectivity index (χ3n) is 4.79. The van der Waals surface area contributed by atoms with Crippen molar-refractivity contribution in [3.63, 3.8) is 0 Å². The summed E-state index contributed by atoms with van der Waals surface area (Å²) in [5.41, 5.74) is 8.36. The maximum absolute atomic E-state index is 13.0. The van der Waals surface area contributed by atoms with E-state index in [2.05, 4.69) is 0 Å². The number of hydrogen-bond donors (Lipinski definition) is 1. The molecule has 3 rings (SSSR count). The van der Waals surface area contributed by atoms with Gasteiger partial charge in [0.25, 0.3) is 0 Å². The van der Waals surface area contributed by atoms with Crippen LogP contribution in [0.5, 0.6) is 0 Å². The van der Waals surface area contributed by atoms with E-state index in [4.69, 9.17) is 15.2 Å². The van der Waals surface area contributed by atoms with Gasteiger partial charge in [-0.1, -0.05) is 41.6 Å². The summed E-state index contributed by atoms with van der Waals surface area (Å²) in [6, 6.07) is 7.47. The van der Waals surface area contributed by atoms with Crippen LogP contribution in [-0.4, -0.2) is 41.2 Å². The van der Waals surface area contributed by atoms with Gasteiger partial charge in [-0.15, -0.1) is 0 Å². The normalized spacial score (nSPS) is 21.4. The maximum Gasteiger partial charge on any atom is 0.338 e. The van der Waals surface area contributed by atoms with E-state index in [9.17, 15) is 14.4 Å². The standard InChI is InChI=1S/C21H24N2O5S/c1-5-27-20(25)15-14(13-9-7-11(3)8-10-13)16(21(26)28-6-2)19-23(17(15)22)18(24)12(4)29-19/h7-10,12,14H,5-6,22H2,1-4H3/t12-,14-/m1/s1. The number of aryl methyl sites for hydroxylation is 1. The molecule has 1 aromatic carbocycles. The number of carbonyl (C=O) groups is 3. The third kappa shape index (κ3) is 3.64. The number of benzene rings is 1. The van der Waals surface area contributed by atoms with Gasteiger partial charge in [-0.25, -0.2) is 9.59 Å². The van der Waals surface area contributed by atoms with Crippen LogP contribution in [0.15, 0.2) is 46.3 Å². The van der Waals surface area contributed by atoms with Crippen LogP contribution in [0.2, 0.25) is 0 Å². The Bertz CT molecular complexity index is 920. The number of hydrogen-bond acceptors (Lipinski definition) is 7. The second kappa shape index (κ2) is 8.32. The molecule has 0 radical (unpaired) electrons. The zero-order valence-corrected chi connectivity index (χ0v) is 17.7. The number of thioether (sulfide) groups is 1. The molecule has 2 aliphatic heterocycles. The largest absolute Gasteiger partial charge is 0.463 e. The molecule has 1 fully saturated rings. The molecule has 0 aliphatic carbocycles. The highest BCUT2D eigenvalue weighted by Crippen LogP contribution is 2.49. The van der Waals surface area contributed by atoms with Gasteiger partial charge >= 0.3 is 11.9 Å². The highest BCUT2D eigenvalue weighted by Gasteiger charge is 2.49. The summed E-state index contributed by atoms with van der Waals surface area (Å²) in [5.74, 6) is -2.31. The Hall–Kier alpha value is -2.74. The summed E-state index contributed by atoms with van der Waals surface area (Å²) < 4.78 is 10.5. The number of nitrogens with zero attached hydrogens (tertiary/aromatic N) is 1. The number of esters is 2. The van der Waals surface area contributed by atoms with E-state index in [0.717, 1.165) is 5.56 Å². The number of nitrogens with two attached hydrogens (primary N) is 1. The second-order valence-electron chi connectivity index (χ2n) is 6.74. The summed E-state index contributed by atoms with van der Waals surface area (Å²) in [7, 11) is 0. The summed E-state index contributed by atoms with van der Waals surface area (Å²) in [6.45, 7) is 7.38. The lowest BCUT2D eigenvalue weighted by Crippen LogP contribution is -2.40. The fourth-order valence-electron chi connectivity index (χ4n) is 3.44. The monoisotopic (exact) mass is 416 g/mol. The van der Waals surface area contributed by atoms with Gasteiger partial charge in [0.15, 0.2) is 0 Å². The molecule has 0 saturated carbocycles. The lowest BCUT2D eigenvalue weighted by atomic mass is 9.82. The van der Waals surface area contributed by atoms with Crippen molar-refractivity contribution in [1.29, 1.82) is 0 Å². The number of carbonyl (C=O) groups excluding carboxylic acids is 3. The molecule has 0 unspecified atom stereocenters. The van der Waals surface area contributed by atoms with Crippen LogP contribution >= 0.6 is 11.8 Å². The molecular weight excluding hydrogens is 392 g/mol. The average molecular weight is 416 g/mol. The van der Waals surface area contributed by atoms with Gasteiger partial charge in [0.05, 0.1) is 40.6 Å². The summed E-state index contributed by atoms with van der Waals surface area (Å²) >= 11 is 1.24. The van der Waals surface area contributed by atoms with Crippen LogP contribution in [0.3, 0.4) is 0 Å². The van der Waals surface area contributed by atoms with Crippen LogP contribution in [-0.2, 0) is 23.9 Å². The Labute approximate surface area is 173 Å². The molecule has 7 nitrogen and oxygen atoms in total. The Balaban J connectivity index is 2.28. The molecule has 1 amide bonds. The molecule has 0 spiro atoms. The molecule has 1 aromatic rings. The molecule has 2 N–H and O–H groups in total. The average Bonchev–Trinajstić information content (AvgIpc) is 2.97. The van der Waals surface area contributed by atoms with Gasteiger partial charge < -0.3 is 15.2 Å². The van der Waals surface area contributed by atoms with Crippen molar-refractivity contribution in [3.8, 4) is 0 Å². The SMILES string of the molecule is CCOC(=O)C1=C(N)N2C(=O)[C@@H](C)SC2=C(C(=O)OCC)[C@@H]1c1ccc(C)cc1. The topological polar surface area (TPSA) is 98.9 Å². The molecule has 0 aromatic heterocycles. The van der Waals surface area contributed by atoms with Crippen molar-refractivity contribution >= 4 is 29.6 Å². The van der Waals surface area contributed by atoms with E-state index in [1.165, 1.54) is 16.7 Å². The van der Waals surface area contributed by atoms with Crippen LogP contribution < -0.4 is 5.73 Å². The smallest absolute Gasteiger partial charge is 0.338 e. The van der Waals surface area contributed by atoms with Crippen molar-refractivity contribution in [2.45, 2.75) is 38.9 Å². The first-order valence-electron chi connectivity index (χ1n) is 9.46. The highest BCUT2D eigenvalue weighted by molar-refractivity contribution is 8.04. The van der Waals surface area contributed by atoms with E-state index < -0.39 is 23.1 Å². The minimum absolute atomic E-state index is 0.000997. The fourth-order valence-corrected chi connectivity index (χ4v) is 4.60. The number of ether oxygens (including phenoxy) is 2. The number of fused-ring (bicyclic) bond motifs is 1. The number of amides is 1. The zero-order chi connectivity index (χ0) is 21.3. The molecule has 29 heavy (non-hydrogen) atoms. The first-order chi connectivity index (χ1) is 13.8. The molecule has 2 atom stereocenters. The van der Waals surface area contributed by atoms with Crippen LogP contribution in [0.1, 0.15) is 37.8 Å². The van der Waals surface area contributed by atoms with E-state index in [1.807, 2.05) is 31.2 Å². The van der Waals surface area contributed by atoms with Crippen LogP contribution in [0, 0.1) is 6.92 Å². The Morgan fingerprint density at radius 3 is 2.17 bits per heavy atom. The molecular formula is C21H24N2O5S.